The minimum Gasteiger partial charge on any atom is -0.378 e. The molecular formula is C17H18Cl2FN. The van der Waals surface area contributed by atoms with E-state index in [-0.39, 0.29) is 16.1 Å². The Morgan fingerprint density at radius 1 is 1.10 bits per heavy atom. The highest BCUT2D eigenvalue weighted by Crippen LogP contribution is 2.29. The summed E-state index contributed by atoms with van der Waals surface area (Å²) in [5, 5.41) is 3.33. The molecular weight excluding hydrogens is 308 g/mol. The summed E-state index contributed by atoms with van der Waals surface area (Å²) in [5.74, 6) is -0.583. The predicted octanol–water partition coefficient (Wildman–Crippen LogP) is 6.26. The van der Waals surface area contributed by atoms with E-state index in [1.165, 1.54) is 5.56 Å². The predicted molar refractivity (Wildman–Crippen MR) is 88.9 cm³/mol. The molecule has 0 aromatic heterocycles. The lowest BCUT2D eigenvalue weighted by Crippen LogP contribution is -2.07. The van der Waals surface area contributed by atoms with Crippen molar-refractivity contribution in [2.45, 2.75) is 32.7 Å². The van der Waals surface area contributed by atoms with Crippen molar-refractivity contribution in [2.75, 3.05) is 5.32 Å². The molecule has 0 saturated carbocycles. The number of aryl methyl sites for hydroxylation is 1. The second-order valence-corrected chi connectivity index (χ2v) is 5.93. The first-order valence-corrected chi connectivity index (χ1v) is 7.76. The number of hydrogen-bond donors (Lipinski definition) is 1. The molecule has 4 heteroatoms. The molecule has 21 heavy (non-hydrogen) atoms. The second-order valence-electron chi connectivity index (χ2n) is 5.11. The maximum Gasteiger partial charge on any atom is 0.160 e. The van der Waals surface area contributed by atoms with Crippen LogP contribution in [0.25, 0.3) is 0 Å². The largest absolute Gasteiger partial charge is 0.378 e. The van der Waals surface area contributed by atoms with Gasteiger partial charge in [0, 0.05) is 11.7 Å². The monoisotopic (exact) mass is 325 g/mol. The van der Waals surface area contributed by atoms with Crippen molar-refractivity contribution in [1.29, 1.82) is 0 Å². The highest BCUT2D eigenvalue weighted by atomic mass is 35.5. The topological polar surface area (TPSA) is 12.0 Å². The van der Waals surface area contributed by atoms with Gasteiger partial charge in [-0.2, -0.15) is 0 Å². The molecule has 2 aromatic carbocycles. The molecule has 0 spiro atoms. The van der Waals surface area contributed by atoms with E-state index in [2.05, 4.69) is 36.5 Å². The van der Waals surface area contributed by atoms with Gasteiger partial charge in [0.1, 0.15) is 0 Å². The van der Waals surface area contributed by atoms with Gasteiger partial charge in [0.2, 0.25) is 0 Å². The van der Waals surface area contributed by atoms with Crippen LogP contribution in [0, 0.1) is 5.82 Å². The molecule has 1 nitrogen and oxygen atoms in total. The van der Waals surface area contributed by atoms with Gasteiger partial charge in [0.25, 0.3) is 0 Å². The maximum atomic E-state index is 13.4. The van der Waals surface area contributed by atoms with E-state index >= 15 is 0 Å². The van der Waals surface area contributed by atoms with Crippen molar-refractivity contribution in [2.24, 2.45) is 0 Å². The number of benzene rings is 2. The van der Waals surface area contributed by atoms with Crippen LogP contribution in [-0.4, -0.2) is 0 Å². The van der Waals surface area contributed by atoms with E-state index in [1.807, 2.05) is 6.92 Å². The second kappa shape index (κ2) is 7.15. The average molecular weight is 326 g/mol. The average Bonchev–Trinajstić information content (AvgIpc) is 2.45. The quantitative estimate of drug-likeness (QED) is 0.640. The van der Waals surface area contributed by atoms with Gasteiger partial charge in [-0.25, -0.2) is 4.39 Å². The van der Waals surface area contributed by atoms with E-state index in [0.29, 0.717) is 5.69 Å². The Balaban J connectivity index is 2.12. The van der Waals surface area contributed by atoms with Crippen molar-refractivity contribution in [3.8, 4) is 0 Å². The van der Waals surface area contributed by atoms with Crippen molar-refractivity contribution < 1.29 is 4.39 Å². The third-order valence-electron chi connectivity index (χ3n) is 3.39. The SMILES string of the molecule is CCCc1ccc(C(C)Nc2cc(Cl)c(F)c(Cl)c2)cc1. The van der Waals surface area contributed by atoms with Gasteiger partial charge in [-0.15, -0.1) is 0 Å². The molecule has 0 aliphatic carbocycles. The van der Waals surface area contributed by atoms with Gasteiger partial charge >= 0.3 is 0 Å². The summed E-state index contributed by atoms with van der Waals surface area (Å²) in [4.78, 5) is 0. The summed E-state index contributed by atoms with van der Waals surface area (Å²) in [5.41, 5.74) is 3.20. The smallest absolute Gasteiger partial charge is 0.160 e. The molecule has 0 fully saturated rings. The van der Waals surface area contributed by atoms with Gasteiger partial charge in [-0.05, 0) is 36.6 Å². The number of halogens is 3. The zero-order valence-electron chi connectivity index (χ0n) is 12.1. The van der Waals surface area contributed by atoms with Crippen LogP contribution >= 0.6 is 23.2 Å². The Labute approximate surface area is 135 Å². The normalized spacial score (nSPS) is 12.2. The molecule has 0 aliphatic heterocycles. The number of hydrogen-bond acceptors (Lipinski definition) is 1. The fourth-order valence-corrected chi connectivity index (χ4v) is 2.72. The fourth-order valence-electron chi connectivity index (χ4n) is 2.23. The number of rotatable bonds is 5. The molecule has 0 amide bonds. The summed E-state index contributed by atoms with van der Waals surface area (Å²) in [6, 6.07) is 11.7. The molecule has 2 rings (SSSR count). The Kier molecular flexibility index (Phi) is 5.49. The molecule has 1 N–H and O–H groups in total. The molecule has 112 valence electrons. The van der Waals surface area contributed by atoms with Crippen LogP contribution in [0.4, 0.5) is 10.1 Å². The Bertz CT molecular complexity index is 588. The summed E-state index contributed by atoms with van der Waals surface area (Å²) in [6.07, 6.45) is 2.23. The highest BCUT2D eigenvalue weighted by Gasteiger charge is 2.10. The van der Waals surface area contributed by atoms with Gasteiger partial charge in [-0.1, -0.05) is 60.8 Å². The van der Waals surface area contributed by atoms with Gasteiger partial charge in [-0.3, -0.25) is 0 Å². The maximum absolute atomic E-state index is 13.4. The van der Waals surface area contributed by atoms with E-state index in [0.717, 1.165) is 18.4 Å². The molecule has 0 bridgehead atoms. The molecule has 0 saturated heterocycles. The van der Waals surface area contributed by atoms with E-state index < -0.39 is 5.82 Å². The Morgan fingerprint density at radius 3 is 2.19 bits per heavy atom. The first-order chi connectivity index (χ1) is 10.0. The summed E-state index contributed by atoms with van der Waals surface area (Å²) < 4.78 is 13.4. The molecule has 2 aromatic rings. The highest BCUT2D eigenvalue weighted by molar-refractivity contribution is 6.35. The summed E-state index contributed by atoms with van der Waals surface area (Å²) in [7, 11) is 0. The number of anilines is 1. The lowest BCUT2D eigenvalue weighted by molar-refractivity contribution is 0.628. The molecule has 0 aliphatic rings. The van der Waals surface area contributed by atoms with Gasteiger partial charge < -0.3 is 5.32 Å². The third-order valence-corrected chi connectivity index (χ3v) is 3.94. The Hall–Kier alpha value is -1.25. The van der Waals surface area contributed by atoms with Crippen LogP contribution in [0.2, 0.25) is 10.0 Å². The summed E-state index contributed by atoms with van der Waals surface area (Å²) in [6.45, 7) is 4.21. The van der Waals surface area contributed by atoms with E-state index in [1.54, 1.807) is 12.1 Å². The lowest BCUT2D eigenvalue weighted by Gasteiger charge is -2.17. The molecule has 1 unspecified atom stereocenters. The fraction of sp³-hybridized carbons (Fsp3) is 0.294. The molecule has 1 atom stereocenters. The Morgan fingerprint density at radius 2 is 1.67 bits per heavy atom. The molecule has 0 heterocycles. The van der Waals surface area contributed by atoms with Crippen LogP contribution in [-0.2, 0) is 6.42 Å². The van der Waals surface area contributed by atoms with Crippen LogP contribution in [0.1, 0.15) is 37.4 Å². The molecule has 0 radical (unpaired) electrons. The number of nitrogens with one attached hydrogen (secondary N) is 1. The van der Waals surface area contributed by atoms with E-state index in [9.17, 15) is 4.39 Å². The van der Waals surface area contributed by atoms with Crippen molar-refractivity contribution in [3.63, 3.8) is 0 Å². The van der Waals surface area contributed by atoms with Crippen molar-refractivity contribution in [3.05, 3.63) is 63.4 Å². The van der Waals surface area contributed by atoms with Gasteiger partial charge in [0.05, 0.1) is 10.0 Å². The minimum absolute atomic E-state index is 0.0236. The first kappa shape index (κ1) is 16.1. The van der Waals surface area contributed by atoms with Crippen LogP contribution in [0.3, 0.4) is 0 Å². The third kappa shape index (κ3) is 4.12. The standard InChI is InChI=1S/C17H18Cl2FN/c1-3-4-12-5-7-13(8-6-12)11(2)21-14-9-15(18)17(20)16(19)10-14/h5-11,21H,3-4H2,1-2H3. The van der Waals surface area contributed by atoms with Crippen molar-refractivity contribution in [1.82, 2.24) is 0 Å². The summed E-state index contributed by atoms with van der Waals surface area (Å²) >= 11 is 11.6. The van der Waals surface area contributed by atoms with E-state index in [4.69, 9.17) is 23.2 Å². The zero-order valence-corrected chi connectivity index (χ0v) is 13.6. The zero-order chi connectivity index (χ0) is 15.4. The lowest BCUT2D eigenvalue weighted by atomic mass is 10.0. The van der Waals surface area contributed by atoms with Crippen LogP contribution in [0.15, 0.2) is 36.4 Å². The van der Waals surface area contributed by atoms with Gasteiger partial charge in [0.15, 0.2) is 5.82 Å². The first-order valence-electron chi connectivity index (χ1n) is 7.01. The van der Waals surface area contributed by atoms with Crippen LogP contribution in [0.5, 0.6) is 0 Å². The van der Waals surface area contributed by atoms with Crippen LogP contribution < -0.4 is 5.32 Å². The minimum atomic E-state index is -0.583. The van der Waals surface area contributed by atoms with Crippen molar-refractivity contribution >= 4 is 28.9 Å².